The molecule has 0 saturated carbocycles. The largest absolute Gasteiger partial charge is 0.381 e. The van der Waals surface area contributed by atoms with Gasteiger partial charge in [0.2, 0.25) is 5.91 Å². The maximum atomic E-state index is 12.9. The molecule has 1 fully saturated rings. The highest BCUT2D eigenvalue weighted by molar-refractivity contribution is 9.10. The second-order valence-corrected chi connectivity index (χ2v) is 7.94. The van der Waals surface area contributed by atoms with E-state index in [0.717, 1.165) is 33.6 Å². The van der Waals surface area contributed by atoms with Gasteiger partial charge >= 0.3 is 0 Å². The molecular formula is C19H20BrN3O2S. The number of amides is 1. The highest BCUT2D eigenvalue weighted by Crippen LogP contribution is 2.27. The topological polar surface area (TPSA) is 66.2 Å². The Morgan fingerprint density at radius 3 is 2.96 bits per heavy atom. The summed E-state index contributed by atoms with van der Waals surface area (Å²) in [6, 6.07) is 10.3. The summed E-state index contributed by atoms with van der Waals surface area (Å²) >= 11 is 5.02. The predicted molar refractivity (Wildman–Crippen MR) is 105 cm³/mol. The summed E-state index contributed by atoms with van der Waals surface area (Å²) in [7, 11) is 0. The quantitative estimate of drug-likeness (QED) is 0.689. The van der Waals surface area contributed by atoms with Crippen LogP contribution < -0.4 is 0 Å². The maximum absolute atomic E-state index is 12.9. The summed E-state index contributed by atoms with van der Waals surface area (Å²) < 4.78 is 6.40. The minimum atomic E-state index is 0.0400. The summed E-state index contributed by atoms with van der Waals surface area (Å²) in [5.41, 5.74) is 1.82. The van der Waals surface area contributed by atoms with Crippen molar-refractivity contribution in [3.05, 3.63) is 39.8 Å². The van der Waals surface area contributed by atoms with Crippen molar-refractivity contribution < 1.29 is 9.53 Å². The monoisotopic (exact) mass is 433 g/mol. The van der Waals surface area contributed by atoms with E-state index in [9.17, 15) is 4.79 Å². The number of benzene rings is 1. The average Bonchev–Trinajstić information content (AvgIpc) is 3.11. The first-order chi connectivity index (χ1) is 12.7. The molecule has 1 saturated heterocycles. The van der Waals surface area contributed by atoms with Crippen LogP contribution in [0.1, 0.15) is 25.0 Å². The van der Waals surface area contributed by atoms with Crippen LogP contribution in [0.3, 0.4) is 0 Å². The van der Waals surface area contributed by atoms with Gasteiger partial charge in [0.05, 0.1) is 24.6 Å². The molecule has 3 rings (SSSR count). The number of halogens is 1. The minimum absolute atomic E-state index is 0.0400. The fraction of sp³-hybridized carbons (Fsp3) is 0.421. The number of carbonyl (C=O) groups excluding carboxylic acids is 1. The molecule has 26 heavy (non-hydrogen) atoms. The van der Waals surface area contributed by atoms with Crippen LogP contribution in [0.15, 0.2) is 34.1 Å². The van der Waals surface area contributed by atoms with E-state index in [-0.39, 0.29) is 18.4 Å². The minimum Gasteiger partial charge on any atom is -0.381 e. The zero-order chi connectivity index (χ0) is 18.4. The Morgan fingerprint density at radius 1 is 1.42 bits per heavy atom. The first-order valence-electron chi connectivity index (χ1n) is 8.62. The van der Waals surface area contributed by atoms with Gasteiger partial charge in [-0.25, -0.2) is 4.98 Å². The number of hydrogen-bond acceptors (Lipinski definition) is 5. The zero-order valence-corrected chi connectivity index (χ0v) is 16.8. The number of rotatable bonds is 6. The first-order valence-corrected chi connectivity index (χ1v) is 10.3. The van der Waals surface area contributed by atoms with Gasteiger partial charge in [-0.05, 0) is 25.0 Å². The van der Waals surface area contributed by atoms with Crippen LogP contribution in [-0.4, -0.2) is 41.6 Å². The van der Waals surface area contributed by atoms with Crippen molar-refractivity contribution in [1.82, 2.24) is 9.88 Å². The van der Waals surface area contributed by atoms with E-state index in [1.807, 2.05) is 34.5 Å². The molecule has 2 heterocycles. The molecule has 0 bridgehead atoms. The van der Waals surface area contributed by atoms with Crippen LogP contribution in [0, 0.1) is 11.3 Å². The van der Waals surface area contributed by atoms with Crippen LogP contribution in [0.2, 0.25) is 0 Å². The highest BCUT2D eigenvalue weighted by atomic mass is 79.9. The number of nitrogens with zero attached hydrogens (tertiary/aromatic N) is 3. The fourth-order valence-corrected chi connectivity index (χ4v) is 4.29. The van der Waals surface area contributed by atoms with Crippen LogP contribution in [0.25, 0.3) is 10.6 Å². The van der Waals surface area contributed by atoms with Gasteiger partial charge in [0.1, 0.15) is 5.01 Å². The van der Waals surface area contributed by atoms with E-state index in [4.69, 9.17) is 10.00 Å². The van der Waals surface area contributed by atoms with E-state index >= 15 is 0 Å². The number of ether oxygens (including phenoxy) is 1. The molecule has 1 aliphatic rings. The van der Waals surface area contributed by atoms with Crippen molar-refractivity contribution in [3.8, 4) is 16.6 Å². The van der Waals surface area contributed by atoms with Gasteiger partial charge in [-0.1, -0.05) is 28.1 Å². The van der Waals surface area contributed by atoms with Crippen molar-refractivity contribution in [2.45, 2.75) is 31.7 Å². The van der Waals surface area contributed by atoms with Gasteiger partial charge in [-0.3, -0.25) is 4.79 Å². The van der Waals surface area contributed by atoms with E-state index in [1.54, 1.807) is 11.3 Å². The Labute approximate surface area is 165 Å². The third-order valence-electron chi connectivity index (χ3n) is 4.37. The Hall–Kier alpha value is -1.75. The van der Waals surface area contributed by atoms with Gasteiger partial charge in [-0.2, -0.15) is 5.26 Å². The molecule has 7 heteroatoms. The summed E-state index contributed by atoms with van der Waals surface area (Å²) in [5.74, 6) is 0.0400. The predicted octanol–water partition coefficient (Wildman–Crippen LogP) is 4.04. The fourth-order valence-electron chi connectivity index (χ4n) is 3.08. The lowest BCUT2D eigenvalue weighted by atomic mass is 10.1. The summed E-state index contributed by atoms with van der Waals surface area (Å²) in [4.78, 5) is 19.3. The van der Waals surface area contributed by atoms with Gasteiger partial charge in [0, 0.05) is 41.2 Å². The molecule has 0 aliphatic carbocycles. The first kappa shape index (κ1) is 19.0. The number of hydrogen-bond donors (Lipinski definition) is 0. The van der Waals surface area contributed by atoms with Crippen LogP contribution in [-0.2, 0) is 16.0 Å². The standard InChI is InChI=1S/C19H20BrN3O2S/c20-15-4-1-3-14(11-15)19-22-16(13-26-19)12-18(24)23(8-2-7-21)17-5-9-25-10-6-17/h1,3-4,11,13,17H,2,5-6,8-10,12H2. The number of aromatic nitrogens is 1. The smallest absolute Gasteiger partial charge is 0.228 e. The highest BCUT2D eigenvalue weighted by Gasteiger charge is 2.26. The van der Waals surface area contributed by atoms with Crippen LogP contribution in [0.4, 0.5) is 0 Å². The van der Waals surface area contributed by atoms with Crippen LogP contribution in [0.5, 0.6) is 0 Å². The zero-order valence-electron chi connectivity index (χ0n) is 14.4. The molecule has 0 spiro atoms. The van der Waals surface area contributed by atoms with E-state index < -0.39 is 0 Å². The molecule has 1 aromatic carbocycles. The normalized spacial score (nSPS) is 14.8. The van der Waals surface area contributed by atoms with Crippen molar-refractivity contribution in [1.29, 1.82) is 5.26 Å². The Bertz CT molecular complexity index is 796. The number of thiazole rings is 1. The summed E-state index contributed by atoms with van der Waals surface area (Å²) in [6.45, 7) is 1.82. The van der Waals surface area contributed by atoms with Crippen molar-refractivity contribution in [2.75, 3.05) is 19.8 Å². The third-order valence-corrected chi connectivity index (χ3v) is 5.81. The Kier molecular flexibility index (Phi) is 6.78. The lowest BCUT2D eigenvalue weighted by Crippen LogP contribution is -2.44. The van der Waals surface area contributed by atoms with Crippen molar-refractivity contribution in [3.63, 3.8) is 0 Å². The van der Waals surface area contributed by atoms with Crippen molar-refractivity contribution >= 4 is 33.2 Å². The molecule has 0 atom stereocenters. The van der Waals surface area contributed by atoms with E-state index in [0.29, 0.717) is 26.2 Å². The number of nitriles is 1. The van der Waals surface area contributed by atoms with E-state index in [2.05, 4.69) is 27.0 Å². The molecule has 136 valence electrons. The lowest BCUT2D eigenvalue weighted by Gasteiger charge is -2.33. The molecule has 0 radical (unpaired) electrons. The molecule has 1 aromatic heterocycles. The van der Waals surface area contributed by atoms with Gasteiger partial charge in [-0.15, -0.1) is 11.3 Å². The maximum Gasteiger partial charge on any atom is 0.228 e. The molecular weight excluding hydrogens is 414 g/mol. The lowest BCUT2D eigenvalue weighted by molar-refractivity contribution is -0.134. The Balaban J connectivity index is 1.69. The van der Waals surface area contributed by atoms with E-state index in [1.165, 1.54) is 0 Å². The SMILES string of the molecule is N#CCCN(C(=O)Cc1csc(-c2cccc(Br)c2)n1)C1CCOCC1. The molecule has 0 unspecified atom stereocenters. The molecule has 2 aromatic rings. The Morgan fingerprint density at radius 2 is 2.23 bits per heavy atom. The summed E-state index contributed by atoms with van der Waals surface area (Å²) in [5, 5.41) is 11.8. The second-order valence-electron chi connectivity index (χ2n) is 6.17. The summed E-state index contributed by atoms with van der Waals surface area (Å²) in [6.07, 6.45) is 2.28. The molecule has 0 N–H and O–H groups in total. The van der Waals surface area contributed by atoms with Gasteiger partial charge in [0.25, 0.3) is 0 Å². The molecule has 5 nitrogen and oxygen atoms in total. The molecule has 1 aliphatic heterocycles. The number of carbonyl (C=O) groups is 1. The molecule has 1 amide bonds. The van der Waals surface area contributed by atoms with Crippen LogP contribution >= 0.6 is 27.3 Å². The third kappa shape index (κ3) is 4.91. The van der Waals surface area contributed by atoms with Gasteiger partial charge < -0.3 is 9.64 Å². The second kappa shape index (κ2) is 9.26. The van der Waals surface area contributed by atoms with Crippen molar-refractivity contribution in [2.24, 2.45) is 0 Å². The van der Waals surface area contributed by atoms with Gasteiger partial charge in [0.15, 0.2) is 0 Å². The average molecular weight is 434 g/mol.